The van der Waals surface area contributed by atoms with E-state index < -0.39 is 10.0 Å². The molecule has 0 radical (unpaired) electrons. The lowest BCUT2D eigenvalue weighted by Crippen LogP contribution is -2.27. The van der Waals surface area contributed by atoms with Crippen LogP contribution in [0.25, 0.3) is 0 Å². The lowest BCUT2D eigenvalue weighted by atomic mass is 10.1. The maximum absolute atomic E-state index is 11.7. The molecular weight excluding hydrogens is 326 g/mol. The van der Waals surface area contributed by atoms with Crippen LogP contribution >= 0.6 is 0 Å². The van der Waals surface area contributed by atoms with Crippen LogP contribution in [0, 0.1) is 13.8 Å². The van der Waals surface area contributed by atoms with Crippen molar-refractivity contribution >= 4 is 21.7 Å². The fourth-order valence-electron chi connectivity index (χ4n) is 2.82. The molecule has 0 aliphatic carbocycles. The third kappa shape index (κ3) is 3.88. The molecule has 0 amide bonds. The second-order valence-electron chi connectivity index (χ2n) is 6.15. The van der Waals surface area contributed by atoms with Crippen LogP contribution in [-0.4, -0.2) is 47.0 Å². The minimum atomic E-state index is -3.16. The van der Waals surface area contributed by atoms with Crippen molar-refractivity contribution in [2.24, 2.45) is 0 Å². The first kappa shape index (κ1) is 16.8. The SMILES string of the molecule is Cc1cccc(Nc2cc(C)nc(C3CCN(S(C)(=O)=O)C3)n2)n1. The summed E-state index contributed by atoms with van der Waals surface area (Å²) in [5, 5.41) is 3.20. The summed E-state index contributed by atoms with van der Waals surface area (Å²) in [7, 11) is -3.16. The van der Waals surface area contributed by atoms with E-state index in [1.54, 1.807) is 0 Å². The van der Waals surface area contributed by atoms with Crippen LogP contribution < -0.4 is 5.32 Å². The van der Waals surface area contributed by atoms with Crippen molar-refractivity contribution < 1.29 is 8.42 Å². The van der Waals surface area contributed by atoms with Gasteiger partial charge in [0.2, 0.25) is 10.0 Å². The monoisotopic (exact) mass is 347 g/mol. The normalized spacial score (nSPS) is 18.7. The molecule has 2 aromatic heterocycles. The smallest absolute Gasteiger partial charge is 0.211 e. The highest BCUT2D eigenvalue weighted by molar-refractivity contribution is 7.88. The molecule has 1 unspecified atom stereocenters. The molecule has 2 aromatic rings. The fraction of sp³-hybridized carbons (Fsp3) is 0.438. The third-order valence-electron chi connectivity index (χ3n) is 4.00. The maximum Gasteiger partial charge on any atom is 0.211 e. The number of anilines is 2. The number of nitrogens with zero attached hydrogens (tertiary/aromatic N) is 4. The van der Waals surface area contributed by atoms with Gasteiger partial charge in [-0.05, 0) is 32.4 Å². The number of pyridine rings is 1. The Kier molecular flexibility index (Phi) is 4.51. The van der Waals surface area contributed by atoms with Gasteiger partial charge in [0, 0.05) is 36.5 Å². The zero-order valence-electron chi connectivity index (χ0n) is 14.0. The van der Waals surface area contributed by atoms with Gasteiger partial charge < -0.3 is 5.32 Å². The lowest BCUT2D eigenvalue weighted by Gasteiger charge is -2.14. The molecular formula is C16H21N5O2S. The quantitative estimate of drug-likeness (QED) is 0.910. The Morgan fingerprint density at radius 2 is 1.92 bits per heavy atom. The summed E-state index contributed by atoms with van der Waals surface area (Å²) < 4.78 is 24.8. The van der Waals surface area contributed by atoms with E-state index in [0.29, 0.717) is 24.7 Å². The van der Waals surface area contributed by atoms with Crippen LogP contribution in [0.15, 0.2) is 24.3 Å². The second kappa shape index (κ2) is 6.45. The van der Waals surface area contributed by atoms with E-state index in [4.69, 9.17) is 0 Å². The molecule has 3 rings (SSSR count). The van der Waals surface area contributed by atoms with Crippen LogP contribution in [0.5, 0.6) is 0 Å². The van der Waals surface area contributed by atoms with Crippen LogP contribution in [0.3, 0.4) is 0 Å². The maximum atomic E-state index is 11.7. The number of nitrogens with one attached hydrogen (secondary N) is 1. The molecule has 1 saturated heterocycles. The first-order valence-corrected chi connectivity index (χ1v) is 9.67. The van der Waals surface area contributed by atoms with Crippen molar-refractivity contribution in [3.63, 3.8) is 0 Å². The van der Waals surface area contributed by atoms with Gasteiger partial charge >= 0.3 is 0 Å². The van der Waals surface area contributed by atoms with Gasteiger partial charge in [0.1, 0.15) is 17.5 Å². The first-order valence-electron chi connectivity index (χ1n) is 7.82. The van der Waals surface area contributed by atoms with Crippen LogP contribution in [0.2, 0.25) is 0 Å². The van der Waals surface area contributed by atoms with E-state index in [9.17, 15) is 8.42 Å². The number of rotatable bonds is 4. The predicted molar refractivity (Wildman–Crippen MR) is 92.8 cm³/mol. The Labute approximate surface area is 142 Å². The Balaban J connectivity index is 1.82. The van der Waals surface area contributed by atoms with Crippen LogP contribution in [-0.2, 0) is 10.0 Å². The molecule has 7 nitrogen and oxygen atoms in total. The Hall–Kier alpha value is -2.06. The molecule has 24 heavy (non-hydrogen) atoms. The number of aryl methyl sites for hydroxylation is 2. The summed E-state index contributed by atoms with van der Waals surface area (Å²) in [4.78, 5) is 13.5. The van der Waals surface area contributed by atoms with Crippen molar-refractivity contribution in [2.45, 2.75) is 26.2 Å². The van der Waals surface area contributed by atoms with Gasteiger partial charge in [-0.25, -0.2) is 27.7 Å². The highest BCUT2D eigenvalue weighted by atomic mass is 32.2. The predicted octanol–water partition coefficient (Wildman–Crippen LogP) is 1.98. The summed E-state index contributed by atoms with van der Waals surface area (Å²) in [5.41, 5.74) is 1.76. The molecule has 1 aliphatic rings. The second-order valence-corrected chi connectivity index (χ2v) is 8.13. The summed E-state index contributed by atoms with van der Waals surface area (Å²) in [6.07, 6.45) is 1.97. The number of sulfonamides is 1. The van der Waals surface area contributed by atoms with Crippen molar-refractivity contribution in [3.05, 3.63) is 41.5 Å². The largest absolute Gasteiger partial charge is 0.325 e. The molecule has 1 aliphatic heterocycles. The molecule has 0 saturated carbocycles. The van der Waals surface area contributed by atoms with Gasteiger partial charge in [0.25, 0.3) is 0 Å². The van der Waals surface area contributed by atoms with Crippen molar-refractivity contribution in [3.8, 4) is 0 Å². The van der Waals surface area contributed by atoms with Gasteiger partial charge in [-0.2, -0.15) is 0 Å². The minimum absolute atomic E-state index is 0.0191. The van der Waals surface area contributed by atoms with Gasteiger partial charge in [-0.3, -0.25) is 0 Å². The van der Waals surface area contributed by atoms with E-state index >= 15 is 0 Å². The van der Waals surface area contributed by atoms with Crippen LogP contribution in [0.4, 0.5) is 11.6 Å². The van der Waals surface area contributed by atoms with Crippen molar-refractivity contribution in [2.75, 3.05) is 24.7 Å². The number of hydrogen-bond acceptors (Lipinski definition) is 6. The van der Waals surface area contributed by atoms with Gasteiger partial charge in [-0.15, -0.1) is 0 Å². The Bertz CT molecular complexity index is 853. The molecule has 0 spiro atoms. The highest BCUT2D eigenvalue weighted by Gasteiger charge is 2.31. The lowest BCUT2D eigenvalue weighted by molar-refractivity contribution is 0.476. The summed E-state index contributed by atoms with van der Waals surface area (Å²) in [5.74, 6) is 2.10. The summed E-state index contributed by atoms with van der Waals surface area (Å²) >= 11 is 0. The van der Waals surface area contributed by atoms with E-state index in [0.717, 1.165) is 23.6 Å². The molecule has 8 heteroatoms. The average Bonchev–Trinajstić information content (AvgIpc) is 2.96. The molecule has 0 bridgehead atoms. The fourth-order valence-corrected chi connectivity index (χ4v) is 3.71. The molecule has 1 atom stereocenters. The van der Waals surface area contributed by atoms with Crippen molar-refractivity contribution in [1.82, 2.24) is 19.3 Å². The van der Waals surface area contributed by atoms with Gasteiger partial charge in [0.05, 0.1) is 6.26 Å². The zero-order chi connectivity index (χ0) is 17.3. The topological polar surface area (TPSA) is 88.1 Å². The average molecular weight is 347 g/mol. The summed E-state index contributed by atoms with van der Waals surface area (Å²) in [6, 6.07) is 7.60. The summed E-state index contributed by atoms with van der Waals surface area (Å²) in [6.45, 7) is 4.79. The molecule has 128 valence electrons. The van der Waals surface area contributed by atoms with E-state index in [-0.39, 0.29) is 5.92 Å². The first-order chi connectivity index (χ1) is 11.3. The standard InChI is InChI=1S/C16H21N5O2S/c1-11-5-4-6-14(17-11)19-15-9-12(2)18-16(20-15)13-7-8-21(10-13)24(3,22)23/h4-6,9,13H,7-8,10H2,1-3H3,(H,17,18,19,20). The third-order valence-corrected chi connectivity index (χ3v) is 5.27. The Morgan fingerprint density at radius 3 is 2.58 bits per heavy atom. The number of aromatic nitrogens is 3. The van der Waals surface area contributed by atoms with Gasteiger partial charge in [-0.1, -0.05) is 6.07 Å². The van der Waals surface area contributed by atoms with E-state index in [1.165, 1.54) is 10.6 Å². The van der Waals surface area contributed by atoms with E-state index in [2.05, 4.69) is 20.3 Å². The van der Waals surface area contributed by atoms with Crippen LogP contribution in [0.1, 0.15) is 29.6 Å². The Morgan fingerprint density at radius 1 is 1.12 bits per heavy atom. The van der Waals surface area contributed by atoms with Gasteiger partial charge in [0.15, 0.2) is 0 Å². The van der Waals surface area contributed by atoms with E-state index in [1.807, 2.05) is 38.1 Å². The minimum Gasteiger partial charge on any atom is -0.325 e. The van der Waals surface area contributed by atoms with Crippen molar-refractivity contribution in [1.29, 1.82) is 0 Å². The molecule has 3 heterocycles. The zero-order valence-corrected chi connectivity index (χ0v) is 14.8. The molecule has 0 aromatic carbocycles. The highest BCUT2D eigenvalue weighted by Crippen LogP contribution is 2.27. The molecule has 1 N–H and O–H groups in total. The molecule has 1 fully saturated rings. The number of hydrogen-bond donors (Lipinski definition) is 1.